The van der Waals surface area contributed by atoms with Gasteiger partial charge in [0, 0.05) is 17.9 Å². The summed E-state index contributed by atoms with van der Waals surface area (Å²) in [5, 5.41) is 3.42. The number of hydrogen-bond acceptors (Lipinski definition) is 2. The third-order valence-electron chi connectivity index (χ3n) is 2.56. The topological polar surface area (TPSA) is 38.0 Å². The van der Waals surface area contributed by atoms with Crippen LogP contribution in [0.5, 0.6) is 0 Å². The lowest BCUT2D eigenvalue weighted by atomic mass is 10.2. The van der Waals surface area contributed by atoms with Gasteiger partial charge in [-0.05, 0) is 49.4 Å². The molecule has 1 aliphatic carbocycles. The molecule has 1 fully saturated rings. The summed E-state index contributed by atoms with van der Waals surface area (Å²) < 4.78 is 0. The molecule has 0 unspecified atom stereocenters. The Bertz CT molecular complexity index is 303. The van der Waals surface area contributed by atoms with Gasteiger partial charge in [-0.1, -0.05) is 0 Å². The van der Waals surface area contributed by atoms with Crippen LogP contribution in [0, 0.1) is 12.8 Å². The van der Waals surface area contributed by atoms with Crippen molar-refractivity contribution < 1.29 is 0 Å². The van der Waals surface area contributed by atoms with E-state index in [1.807, 2.05) is 19.1 Å². The lowest BCUT2D eigenvalue weighted by Crippen LogP contribution is -2.03. The molecule has 1 aliphatic rings. The molecule has 2 nitrogen and oxygen atoms in total. The van der Waals surface area contributed by atoms with E-state index in [9.17, 15) is 0 Å². The maximum Gasteiger partial charge on any atom is 0.0345 e. The average molecular weight is 176 g/mol. The van der Waals surface area contributed by atoms with Crippen molar-refractivity contribution in [3.63, 3.8) is 0 Å². The zero-order valence-corrected chi connectivity index (χ0v) is 8.01. The Morgan fingerprint density at radius 2 is 2.23 bits per heavy atom. The molecule has 70 valence electrons. The number of aryl methyl sites for hydroxylation is 1. The van der Waals surface area contributed by atoms with E-state index in [-0.39, 0.29) is 0 Å². The zero-order chi connectivity index (χ0) is 9.26. The molecule has 2 heteroatoms. The molecule has 3 N–H and O–H groups in total. The van der Waals surface area contributed by atoms with Gasteiger partial charge in [0.2, 0.25) is 0 Å². The Morgan fingerprint density at radius 1 is 1.46 bits per heavy atom. The summed E-state index contributed by atoms with van der Waals surface area (Å²) in [5.74, 6) is 0.915. The highest BCUT2D eigenvalue weighted by Gasteiger charge is 2.20. The van der Waals surface area contributed by atoms with Gasteiger partial charge in [-0.2, -0.15) is 0 Å². The first-order valence-corrected chi connectivity index (χ1v) is 4.86. The number of benzene rings is 1. The predicted octanol–water partition coefficient (Wildman–Crippen LogP) is 2.40. The van der Waals surface area contributed by atoms with Gasteiger partial charge in [-0.25, -0.2) is 0 Å². The number of nitrogens with two attached hydrogens (primary N) is 1. The molecule has 0 saturated heterocycles. The van der Waals surface area contributed by atoms with Crippen LogP contribution < -0.4 is 11.1 Å². The van der Waals surface area contributed by atoms with Gasteiger partial charge in [-0.3, -0.25) is 0 Å². The number of nitrogen functional groups attached to an aromatic ring is 1. The predicted molar refractivity (Wildman–Crippen MR) is 56.8 cm³/mol. The fourth-order valence-electron chi connectivity index (χ4n) is 1.37. The van der Waals surface area contributed by atoms with Gasteiger partial charge in [-0.15, -0.1) is 0 Å². The first kappa shape index (κ1) is 8.42. The summed E-state index contributed by atoms with van der Waals surface area (Å²) in [6.07, 6.45) is 2.78. The minimum Gasteiger partial charge on any atom is -0.399 e. The molecular formula is C11H16N2. The summed E-state index contributed by atoms with van der Waals surface area (Å²) in [7, 11) is 0. The van der Waals surface area contributed by atoms with Crippen LogP contribution in [0.1, 0.15) is 18.4 Å². The van der Waals surface area contributed by atoms with Crippen LogP contribution in [-0.4, -0.2) is 6.54 Å². The molecule has 13 heavy (non-hydrogen) atoms. The summed E-state index contributed by atoms with van der Waals surface area (Å²) in [4.78, 5) is 0. The van der Waals surface area contributed by atoms with Crippen molar-refractivity contribution in [1.29, 1.82) is 0 Å². The molecule has 0 heterocycles. The highest BCUT2D eigenvalue weighted by atomic mass is 14.9. The molecule has 0 atom stereocenters. The molecule has 0 amide bonds. The van der Waals surface area contributed by atoms with Gasteiger partial charge < -0.3 is 11.1 Å². The van der Waals surface area contributed by atoms with Gasteiger partial charge in [0.15, 0.2) is 0 Å². The maximum atomic E-state index is 5.73. The van der Waals surface area contributed by atoms with Crippen LogP contribution in [0.2, 0.25) is 0 Å². The van der Waals surface area contributed by atoms with Crippen LogP contribution in [0.3, 0.4) is 0 Å². The number of hydrogen-bond donors (Lipinski definition) is 2. The van der Waals surface area contributed by atoms with E-state index in [2.05, 4.69) is 11.4 Å². The van der Waals surface area contributed by atoms with Crippen LogP contribution in [0.4, 0.5) is 11.4 Å². The van der Waals surface area contributed by atoms with E-state index in [0.717, 1.165) is 23.7 Å². The fraction of sp³-hybridized carbons (Fsp3) is 0.455. The van der Waals surface area contributed by atoms with Crippen molar-refractivity contribution in [1.82, 2.24) is 0 Å². The minimum absolute atomic E-state index is 0.872. The lowest BCUT2D eigenvalue weighted by Gasteiger charge is -2.07. The highest BCUT2D eigenvalue weighted by molar-refractivity contribution is 5.56. The second-order valence-electron chi connectivity index (χ2n) is 3.90. The molecule has 1 aromatic carbocycles. The lowest BCUT2D eigenvalue weighted by molar-refractivity contribution is 0.889. The van der Waals surface area contributed by atoms with E-state index in [0.29, 0.717) is 0 Å². The number of rotatable bonds is 3. The van der Waals surface area contributed by atoms with E-state index >= 15 is 0 Å². The van der Waals surface area contributed by atoms with E-state index in [1.54, 1.807) is 0 Å². The molecule has 0 aliphatic heterocycles. The number of nitrogens with one attached hydrogen (secondary N) is 1. The summed E-state index contributed by atoms with van der Waals surface area (Å²) in [5.41, 5.74) is 8.95. The normalized spacial score (nSPS) is 15.8. The largest absolute Gasteiger partial charge is 0.399 e. The first-order valence-electron chi connectivity index (χ1n) is 4.86. The van der Waals surface area contributed by atoms with E-state index in [1.165, 1.54) is 18.5 Å². The van der Waals surface area contributed by atoms with Gasteiger partial charge in [0.25, 0.3) is 0 Å². The van der Waals surface area contributed by atoms with Gasteiger partial charge in [0.1, 0.15) is 0 Å². The Hall–Kier alpha value is -1.18. The van der Waals surface area contributed by atoms with Crippen LogP contribution in [0.15, 0.2) is 18.2 Å². The Labute approximate surface area is 79.1 Å². The summed E-state index contributed by atoms with van der Waals surface area (Å²) in [6, 6.07) is 6.12. The van der Waals surface area contributed by atoms with Crippen molar-refractivity contribution in [2.45, 2.75) is 19.8 Å². The maximum absolute atomic E-state index is 5.73. The SMILES string of the molecule is Cc1cc(NCC2CC2)ccc1N. The van der Waals surface area contributed by atoms with Crippen LogP contribution in [0.25, 0.3) is 0 Å². The van der Waals surface area contributed by atoms with Crippen molar-refractivity contribution in [3.05, 3.63) is 23.8 Å². The van der Waals surface area contributed by atoms with E-state index in [4.69, 9.17) is 5.73 Å². The monoisotopic (exact) mass is 176 g/mol. The molecule has 0 spiro atoms. The standard InChI is InChI=1S/C11H16N2/c1-8-6-10(4-5-11(8)12)13-7-9-2-3-9/h4-6,9,13H,2-3,7,12H2,1H3. The fourth-order valence-corrected chi connectivity index (χ4v) is 1.37. The van der Waals surface area contributed by atoms with Crippen molar-refractivity contribution in [2.75, 3.05) is 17.6 Å². The Morgan fingerprint density at radius 3 is 2.85 bits per heavy atom. The Balaban J connectivity index is 1.98. The molecule has 0 radical (unpaired) electrons. The van der Waals surface area contributed by atoms with E-state index < -0.39 is 0 Å². The Kier molecular flexibility index (Phi) is 2.13. The van der Waals surface area contributed by atoms with Crippen molar-refractivity contribution >= 4 is 11.4 Å². The van der Waals surface area contributed by atoms with Gasteiger partial charge >= 0.3 is 0 Å². The summed E-state index contributed by atoms with van der Waals surface area (Å²) in [6.45, 7) is 3.15. The minimum atomic E-state index is 0.872. The van der Waals surface area contributed by atoms with Crippen LogP contribution >= 0.6 is 0 Å². The smallest absolute Gasteiger partial charge is 0.0345 e. The third kappa shape index (κ3) is 2.14. The quantitative estimate of drug-likeness (QED) is 0.694. The first-order chi connectivity index (χ1) is 6.25. The van der Waals surface area contributed by atoms with Crippen LogP contribution in [-0.2, 0) is 0 Å². The highest BCUT2D eigenvalue weighted by Crippen LogP contribution is 2.29. The molecular weight excluding hydrogens is 160 g/mol. The number of anilines is 2. The second-order valence-corrected chi connectivity index (χ2v) is 3.90. The second kappa shape index (κ2) is 3.29. The third-order valence-corrected chi connectivity index (χ3v) is 2.56. The zero-order valence-electron chi connectivity index (χ0n) is 8.01. The van der Waals surface area contributed by atoms with Gasteiger partial charge in [0.05, 0.1) is 0 Å². The molecule has 2 rings (SSSR count). The molecule has 0 bridgehead atoms. The van der Waals surface area contributed by atoms with Crippen molar-refractivity contribution in [3.8, 4) is 0 Å². The summed E-state index contributed by atoms with van der Waals surface area (Å²) >= 11 is 0. The molecule has 0 aromatic heterocycles. The molecule has 1 saturated carbocycles. The molecule has 1 aromatic rings. The average Bonchev–Trinajstić information content (AvgIpc) is 2.91. The van der Waals surface area contributed by atoms with Crippen molar-refractivity contribution in [2.24, 2.45) is 5.92 Å².